The Bertz CT molecular complexity index is 715. The van der Waals surface area contributed by atoms with E-state index in [4.69, 9.17) is 9.47 Å². The largest absolute Gasteiger partial charge is 0.497 e. The van der Waals surface area contributed by atoms with Gasteiger partial charge in [-0.25, -0.2) is 0 Å². The number of benzene rings is 2. The fourth-order valence-electron chi connectivity index (χ4n) is 2.60. The number of hydrogen-bond donors (Lipinski definition) is 1. The molecule has 0 spiro atoms. The molecule has 0 saturated carbocycles. The molecular formula is C22H29NO3. The van der Waals surface area contributed by atoms with Gasteiger partial charge in [-0.1, -0.05) is 45.0 Å². The van der Waals surface area contributed by atoms with Crippen molar-refractivity contribution in [3.05, 3.63) is 59.7 Å². The maximum atomic E-state index is 12.4. The van der Waals surface area contributed by atoms with Crippen molar-refractivity contribution >= 4 is 5.91 Å². The number of carbonyl (C=O) groups is 1. The van der Waals surface area contributed by atoms with Crippen molar-refractivity contribution in [2.24, 2.45) is 0 Å². The van der Waals surface area contributed by atoms with Crippen LogP contribution in [0.25, 0.3) is 0 Å². The molecule has 0 saturated heterocycles. The Morgan fingerprint density at radius 2 is 1.46 bits per heavy atom. The van der Waals surface area contributed by atoms with Crippen molar-refractivity contribution in [1.82, 2.24) is 5.32 Å². The molecule has 0 unspecified atom stereocenters. The summed E-state index contributed by atoms with van der Waals surface area (Å²) in [5.74, 6) is 1.24. The second-order valence-electron chi connectivity index (χ2n) is 7.54. The van der Waals surface area contributed by atoms with Crippen molar-refractivity contribution in [3.63, 3.8) is 0 Å². The van der Waals surface area contributed by atoms with Gasteiger partial charge < -0.3 is 14.8 Å². The van der Waals surface area contributed by atoms with E-state index in [1.165, 1.54) is 5.56 Å². The highest BCUT2D eigenvalue weighted by Gasteiger charge is 2.19. The van der Waals surface area contributed by atoms with Gasteiger partial charge in [-0.05, 0) is 54.7 Å². The van der Waals surface area contributed by atoms with Gasteiger partial charge in [-0.15, -0.1) is 0 Å². The normalized spacial score (nSPS) is 13.6. The van der Waals surface area contributed by atoms with Gasteiger partial charge in [-0.2, -0.15) is 0 Å². The Kier molecular flexibility index (Phi) is 6.30. The summed E-state index contributed by atoms with van der Waals surface area (Å²) < 4.78 is 10.8. The standard InChI is InChI=1S/C22H29NO3/c1-15(17-7-9-18(10-8-17)22(3,4)5)23-21(24)16(2)26-20-13-11-19(25-6)12-14-20/h7-16H,1-6H3,(H,23,24)/t15-,16-/m0/s1. The maximum Gasteiger partial charge on any atom is 0.261 e. The topological polar surface area (TPSA) is 47.6 Å². The van der Waals surface area contributed by atoms with Crippen molar-refractivity contribution in [3.8, 4) is 11.5 Å². The fourth-order valence-corrected chi connectivity index (χ4v) is 2.60. The summed E-state index contributed by atoms with van der Waals surface area (Å²) in [6, 6.07) is 15.5. The smallest absolute Gasteiger partial charge is 0.261 e. The molecule has 0 fully saturated rings. The van der Waals surface area contributed by atoms with Gasteiger partial charge in [0.05, 0.1) is 13.2 Å². The monoisotopic (exact) mass is 355 g/mol. The predicted molar refractivity (Wildman–Crippen MR) is 105 cm³/mol. The Hall–Kier alpha value is -2.49. The zero-order chi connectivity index (χ0) is 19.3. The summed E-state index contributed by atoms with van der Waals surface area (Å²) in [6.45, 7) is 10.3. The van der Waals surface area contributed by atoms with Crippen LogP contribution >= 0.6 is 0 Å². The molecule has 0 bridgehead atoms. The van der Waals surface area contributed by atoms with Crippen LogP contribution in [-0.2, 0) is 10.2 Å². The van der Waals surface area contributed by atoms with Crippen molar-refractivity contribution < 1.29 is 14.3 Å². The Balaban J connectivity index is 1.94. The van der Waals surface area contributed by atoms with Crippen LogP contribution in [0.1, 0.15) is 51.8 Å². The lowest BCUT2D eigenvalue weighted by Gasteiger charge is -2.22. The summed E-state index contributed by atoms with van der Waals surface area (Å²) >= 11 is 0. The molecule has 0 aromatic heterocycles. The van der Waals surface area contributed by atoms with Crippen LogP contribution in [0.3, 0.4) is 0 Å². The number of rotatable bonds is 6. The highest BCUT2D eigenvalue weighted by atomic mass is 16.5. The van der Waals surface area contributed by atoms with Crippen LogP contribution in [-0.4, -0.2) is 19.1 Å². The summed E-state index contributed by atoms with van der Waals surface area (Å²) in [5.41, 5.74) is 2.46. The van der Waals surface area contributed by atoms with E-state index in [-0.39, 0.29) is 17.4 Å². The fraction of sp³-hybridized carbons (Fsp3) is 0.409. The highest BCUT2D eigenvalue weighted by Crippen LogP contribution is 2.24. The minimum absolute atomic E-state index is 0.0848. The first-order valence-electron chi connectivity index (χ1n) is 8.92. The van der Waals surface area contributed by atoms with Gasteiger partial charge in [0.1, 0.15) is 11.5 Å². The van der Waals surface area contributed by atoms with Gasteiger partial charge in [0.15, 0.2) is 6.10 Å². The molecule has 0 aliphatic rings. The van der Waals surface area contributed by atoms with Crippen LogP contribution in [0.15, 0.2) is 48.5 Å². The lowest BCUT2D eigenvalue weighted by Crippen LogP contribution is -2.37. The van der Waals surface area contributed by atoms with Crippen LogP contribution in [0.2, 0.25) is 0 Å². The van der Waals surface area contributed by atoms with Gasteiger partial charge >= 0.3 is 0 Å². The van der Waals surface area contributed by atoms with E-state index in [2.05, 4.69) is 50.4 Å². The van der Waals surface area contributed by atoms with E-state index in [0.29, 0.717) is 5.75 Å². The van der Waals surface area contributed by atoms with Crippen molar-refractivity contribution in [1.29, 1.82) is 0 Å². The molecule has 2 aromatic carbocycles. The second-order valence-corrected chi connectivity index (χ2v) is 7.54. The van der Waals surface area contributed by atoms with Gasteiger partial charge in [0.25, 0.3) is 5.91 Å². The molecule has 26 heavy (non-hydrogen) atoms. The van der Waals surface area contributed by atoms with Crippen LogP contribution in [0.5, 0.6) is 11.5 Å². The van der Waals surface area contributed by atoms with Crippen molar-refractivity contribution in [2.45, 2.75) is 52.2 Å². The maximum absolute atomic E-state index is 12.4. The molecule has 0 heterocycles. The summed E-state index contributed by atoms with van der Waals surface area (Å²) in [5, 5.41) is 3.01. The van der Waals surface area contributed by atoms with E-state index in [1.807, 2.05) is 6.92 Å². The minimum Gasteiger partial charge on any atom is -0.497 e. The molecule has 0 radical (unpaired) electrons. The van der Waals surface area contributed by atoms with Gasteiger partial charge in [0.2, 0.25) is 0 Å². The Morgan fingerprint density at radius 3 is 1.96 bits per heavy atom. The second kappa shape index (κ2) is 8.26. The first-order chi connectivity index (χ1) is 12.2. The zero-order valence-electron chi connectivity index (χ0n) is 16.5. The third kappa shape index (κ3) is 5.25. The molecule has 2 rings (SSSR count). The Morgan fingerprint density at radius 1 is 0.923 bits per heavy atom. The van der Waals surface area contributed by atoms with Crippen LogP contribution < -0.4 is 14.8 Å². The van der Waals surface area contributed by atoms with E-state index in [1.54, 1.807) is 38.3 Å². The molecule has 4 nitrogen and oxygen atoms in total. The quantitative estimate of drug-likeness (QED) is 0.821. The summed E-state index contributed by atoms with van der Waals surface area (Å²) in [4.78, 5) is 12.4. The van der Waals surface area contributed by atoms with E-state index >= 15 is 0 Å². The third-order valence-corrected chi connectivity index (χ3v) is 4.38. The first kappa shape index (κ1) is 19.8. The number of nitrogens with one attached hydrogen (secondary N) is 1. The zero-order valence-corrected chi connectivity index (χ0v) is 16.5. The van der Waals surface area contributed by atoms with E-state index in [9.17, 15) is 4.79 Å². The predicted octanol–water partition coefficient (Wildman–Crippen LogP) is 4.64. The molecule has 1 amide bonds. The average molecular weight is 355 g/mol. The Labute approximate surface area is 156 Å². The SMILES string of the molecule is COc1ccc(O[C@@H](C)C(=O)N[C@@H](C)c2ccc(C(C)(C)C)cc2)cc1. The van der Waals surface area contributed by atoms with E-state index < -0.39 is 6.10 Å². The van der Waals surface area contributed by atoms with Crippen molar-refractivity contribution in [2.75, 3.05) is 7.11 Å². The van der Waals surface area contributed by atoms with E-state index in [0.717, 1.165) is 11.3 Å². The summed E-state index contributed by atoms with van der Waals surface area (Å²) in [7, 11) is 1.61. The molecular weight excluding hydrogens is 326 g/mol. The van der Waals surface area contributed by atoms with Crippen LogP contribution in [0.4, 0.5) is 0 Å². The number of methoxy groups -OCH3 is 1. The first-order valence-corrected chi connectivity index (χ1v) is 8.92. The molecule has 4 heteroatoms. The molecule has 0 aliphatic carbocycles. The molecule has 2 aromatic rings. The van der Waals surface area contributed by atoms with Gasteiger partial charge in [-0.3, -0.25) is 4.79 Å². The minimum atomic E-state index is -0.584. The number of ether oxygens (including phenoxy) is 2. The summed E-state index contributed by atoms with van der Waals surface area (Å²) in [6.07, 6.45) is -0.584. The molecule has 1 N–H and O–H groups in total. The molecule has 2 atom stereocenters. The van der Waals surface area contributed by atoms with Gasteiger partial charge in [0, 0.05) is 0 Å². The molecule has 140 valence electrons. The number of carbonyl (C=O) groups excluding carboxylic acids is 1. The van der Waals surface area contributed by atoms with Crippen LogP contribution in [0, 0.1) is 0 Å². The average Bonchev–Trinajstić information content (AvgIpc) is 2.61. The number of amides is 1. The number of hydrogen-bond acceptors (Lipinski definition) is 3. The highest BCUT2D eigenvalue weighted by molar-refractivity contribution is 5.81. The lowest BCUT2D eigenvalue weighted by atomic mass is 9.86. The lowest BCUT2D eigenvalue weighted by molar-refractivity contribution is -0.127. The molecule has 0 aliphatic heterocycles. The third-order valence-electron chi connectivity index (χ3n) is 4.38.